The lowest BCUT2D eigenvalue weighted by molar-refractivity contribution is 0.0946. The van der Waals surface area contributed by atoms with Gasteiger partial charge in [0, 0.05) is 23.2 Å². The highest BCUT2D eigenvalue weighted by Crippen LogP contribution is 2.43. The van der Waals surface area contributed by atoms with E-state index in [2.05, 4.69) is 10.3 Å². The first kappa shape index (κ1) is 12.6. The fraction of sp³-hybridized carbons (Fsp3) is 0.214. The Bertz CT molecular complexity index is 623. The number of aromatic nitrogens is 1. The lowest BCUT2D eigenvalue weighted by Crippen LogP contribution is -2.26. The van der Waals surface area contributed by atoms with Gasteiger partial charge < -0.3 is 10.3 Å². The van der Waals surface area contributed by atoms with Gasteiger partial charge in [-0.3, -0.25) is 4.79 Å². The number of carbonyl (C=O) groups is 1. The van der Waals surface area contributed by atoms with Crippen molar-refractivity contribution < 1.29 is 4.79 Å². The predicted octanol–water partition coefficient (Wildman–Crippen LogP) is 3.61. The molecule has 1 saturated carbocycles. The highest BCUT2D eigenvalue weighted by molar-refractivity contribution is 6.31. The van der Waals surface area contributed by atoms with E-state index >= 15 is 0 Å². The van der Waals surface area contributed by atoms with E-state index in [1.165, 1.54) is 0 Å². The fourth-order valence-electron chi connectivity index (χ4n) is 2.22. The Morgan fingerprint density at radius 3 is 2.79 bits per heavy atom. The van der Waals surface area contributed by atoms with Crippen molar-refractivity contribution in [1.82, 2.24) is 10.3 Å². The second-order valence-electron chi connectivity index (χ2n) is 4.68. The third-order valence-electron chi connectivity index (χ3n) is 3.30. The largest absolute Gasteiger partial charge is 0.356 e. The van der Waals surface area contributed by atoms with Crippen molar-refractivity contribution in [2.45, 2.75) is 18.4 Å². The molecule has 1 heterocycles. The maximum atomic E-state index is 11.9. The summed E-state index contributed by atoms with van der Waals surface area (Å²) in [6, 6.07) is 9.51. The monoisotopic (exact) mass is 294 g/mol. The Labute approximate surface area is 120 Å². The smallest absolute Gasteiger partial charge is 0.267 e. The number of H-pyrrole nitrogens is 1. The molecule has 2 N–H and O–H groups in total. The minimum absolute atomic E-state index is 0.133. The summed E-state index contributed by atoms with van der Waals surface area (Å²) in [5.74, 6) is 0.175. The average Bonchev–Trinajstić information content (AvgIpc) is 2.99. The number of aromatic amines is 1. The molecule has 1 aliphatic rings. The normalized spacial score (nSPS) is 21.2. The molecule has 98 valence electrons. The zero-order valence-electron chi connectivity index (χ0n) is 9.99. The van der Waals surface area contributed by atoms with Crippen LogP contribution >= 0.6 is 23.2 Å². The molecule has 0 spiro atoms. The Balaban J connectivity index is 1.65. The van der Waals surface area contributed by atoms with Crippen LogP contribution in [0.25, 0.3) is 0 Å². The van der Waals surface area contributed by atoms with Gasteiger partial charge in [0.05, 0.1) is 5.02 Å². The van der Waals surface area contributed by atoms with Crippen LogP contribution in [-0.4, -0.2) is 16.9 Å². The van der Waals surface area contributed by atoms with Crippen molar-refractivity contribution in [1.29, 1.82) is 0 Å². The summed E-state index contributed by atoms with van der Waals surface area (Å²) in [6.07, 6.45) is 2.51. The van der Waals surface area contributed by atoms with Gasteiger partial charge in [-0.2, -0.15) is 0 Å². The molecular formula is C14H12Cl2N2O. The number of carbonyl (C=O) groups excluding carboxylic acids is 1. The van der Waals surface area contributed by atoms with Crippen LogP contribution in [0.5, 0.6) is 0 Å². The topological polar surface area (TPSA) is 44.9 Å². The van der Waals surface area contributed by atoms with Gasteiger partial charge in [-0.05, 0) is 24.1 Å². The third-order valence-corrected chi connectivity index (χ3v) is 3.87. The first-order valence-corrected chi connectivity index (χ1v) is 6.80. The van der Waals surface area contributed by atoms with Crippen LogP contribution in [0.3, 0.4) is 0 Å². The summed E-state index contributed by atoms with van der Waals surface area (Å²) in [7, 11) is 0. The highest BCUT2D eigenvalue weighted by atomic mass is 35.5. The van der Waals surface area contributed by atoms with Crippen LogP contribution < -0.4 is 5.32 Å². The molecule has 1 aromatic carbocycles. The van der Waals surface area contributed by atoms with Gasteiger partial charge in [0.25, 0.3) is 5.91 Å². The van der Waals surface area contributed by atoms with E-state index in [9.17, 15) is 4.79 Å². The zero-order chi connectivity index (χ0) is 13.4. The van der Waals surface area contributed by atoms with E-state index in [4.69, 9.17) is 23.2 Å². The summed E-state index contributed by atoms with van der Waals surface area (Å²) in [5.41, 5.74) is 1.58. The van der Waals surface area contributed by atoms with E-state index in [1.807, 2.05) is 24.3 Å². The number of hydrogen-bond donors (Lipinski definition) is 2. The van der Waals surface area contributed by atoms with E-state index in [1.54, 1.807) is 12.3 Å². The maximum Gasteiger partial charge on any atom is 0.267 e. The standard InChI is InChI=1S/C14H12Cl2N2O/c15-8-5-13(17-7-8)14(19)18-12-6-10(12)9-3-1-2-4-11(9)16/h1-5,7,10,12,17H,6H2,(H,18,19). The van der Waals surface area contributed by atoms with Gasteiger partial charge in [0.2, 0.25) is 0 Å². The Hall–Kier alpha value is -1.45. The van der Waals surface area contributed by atoms with Gasteiger partial charge in [-0.1, -0.05) is 41.4 Å². The molecule has 0 aliphatic heterocycles. The summed E-state index contributed by atoms with van der Waals surface area (Å²) in [4.78, 5) is 14.8. The summed E-state index contributed by atoms with van der Waals surface area (Å²) >= 11 is 11.9. The molecule has 0 saturated heterocycles. The van der Waals surface area contributed by atoms with Gasteiger partial charge in [-0.15, -0.1) is 0 Å². The van der Waals surface area contributed by atoms with Gasteiger partial charge in [0.1, 0.15) is 5.69 Å². The summed E-state index contributed by atoms with van der Waals surface area (Å²) in [5, 5.41) is 4.26. The first-order valence-electron chi connectivity index (χ1n) is 6.04. The molecule has 1 fully saturated rings. The van der Waals surface area contributed by atoms with Crippen molar-refractivity contribution in [3.8, 4) is 0 Å². The SMILES string of the molecule is O=C(NC1CC1c1ccccc1Cl)c1cc(Cl)c[nH]1. The van der Waals surface area contributed by atoms with E-state index in [0.717, 1.165) is 17.0 Å². The molecule has 19 heavy (non-hydrogen) atoms. The van der Waals surface area contributed by atoms with E-state index < -0.39 is 0 Å². The van der Waals surface area contributed by atoms with Gasteiger partial charge >= 0.3 is 0 Å². The molecule has 0 bridgehead atoms. The van der Waals surface area contributed by atoms with Crippen LogP contribution in [0.2, 0.25) is 10.0 Å². The Morgan fingerprint density at radius 1 is 1.32 bits per heavy atom. The molecule has 3 nitrogen and oxygen atoms in total. The number of amides is 1. The Kier molecular flexibility index (Phi) is 3.25. The lowest BCUT2D eigenvalue weighted by Gasteiger charge is -2.05. The molecule has 3 rings (SSSR count). The van der Waals surface area contributed by atoms with Crippen LogP contribution in [-0.2, 0) is 0 Å². The highest BCUT2D eigenvalue weighted by Gasteiger charge is 2.40. The molecule has 5 heteroatoms. The molecule has 2 unspecified atom stereocenters. The second kappa shape index (κ2) is 4.91. The van der Waals surface area contributed by atoms with Crippen molar-refractivity contribution in [2.75, 3.05) is 0 Å². The van der Waals surface area contributed by atoms with Crippen LogP contribution in [0, 0.1) is 0 Å². The fourth-order valence-corrected chi connectivity index (χ4v) is 2.66. The first-order chi connectivity index (χ1) is 9.15. The second-order valence-corrected chi connectivity index (χ2v) is 5.52. The van der Waals surface area contributed by atoms with Crippen molar-refractivity contribution in [2.24, 2.45) is 0 Å². The number of halogens is 2. The van der Waals surface area contributed by atoms with Crippen molar-refractivity contribution in [3.05, 3.63) is 57.8 Å². The number of benzene rings is 1. The van der Waals surface area contributed by atoms with Crippen LogP contribution in [0.15, 0.2) is 36.5 Å². The maximum absolute atomic E-state index is 11.9. The molecular weight excluding hydrogens is 283 g/mol. The molecule has 2 aromatic rings. The summed E-state index contributed by atoms with van der Waals surface area (Å²) in [6.45, 7) is 0. The predicted molar refractivity (Wildman–Crippen MR) is 75.9 cm³/mol. The molecule has 0 radical (unpaired) electrons. The van der Waals surface area contributed by atoms with E-state index in [-0.39, 0.29) is 11.9 Å². The van der Waals surface area contributed by atoms with Gasteiger partial charge in [0.15, 0.2) is 0 Å². The van der Waals surface area contributed by atoms with Gasteiger partial charge in [-0.25, -0.2) is 0 Å². The molecule has 1 aromatic heterocycles. The third kappa shape index (κ3) is 2.62. The van der Waals surface area contributed by atoms with Crippen molar-refractivity contribution >= 4 is 29.1 Å². The Morgan fingerprint density at radius 2 is 2.11 bits per heavy atom. The van der Waals surface area contributed by atoms with E-state index in [0.29, 0.717) is 16.6 Å². The number of nitrogens with one attached hydrogen (secondary N) is 2. The lowest BCUT2D eigenvalue weighted by atomic mass is 10.1. The number of hydrogen-bond acceptors (Lipinski definition) is 1. The minimum Gasteiger partial charge on any atom is -0.356 e. The quantitative estimate of drug-likeness (QED) is 0.892. The summed E-state index contributed by atoms with van der Waals surface area (Å²) < 4.78 is 0. The van der Waals surface area contributed by atoms with Crippen molar-refractivity contribution in [3.63, 3.8) is 0 Å². The average molecular weight is 295 g/mol. The molecule has 1 amide bonds. The minimum atomic E-state index is -0.133. The van der Waals surface area contributed by atoms with Crippen LogP contribution in [0.4, 0.5) is 0 Å². The molecule has 1 aliphatic carbocycles. The zero-order valence-corrected chi connectivity index (χ0v) is 11.5. The van der Waals surface area contributed by atoms with Crippen LogP contribution in [0.1, 0.15) is 28.4 Å². The molecule has 2 atom stereocenters. The number of rotatable bonds is 3.